The molecule has 0 saturated carbocycles. The second-order valence-corrected chi connectivity index (χ2v) is 6.18. The molecule has 1 aromatic carbocycles. The highest BCUT2D eigenvalue weighted by molar-refractivity contribution is 5.48. The molecule has 0 bridgehead atoms. The molecule has 0 aliphatic carbocycles. The van der Waals surface area contributed by atoms with Crippen LogP contribution in [0.2, 0.25) is 0 Å². The van der Waals surface area contributed by atoms with Crippen LogP contribution in [0.25, 0.3) is 0 Å². The van der Waals surface area contributed by atoms with E-state index in [2.05, 4.69) is 41.4 Å². The van der Waals surface area contributed by atoms with Gasteiger partial charge in [0.05, 0.1) is 5.60 Å². The molecule has 1 aromatic rings. The Morgan fingerprint density at radius 2 is 1.95 bits per heavy atom. The quantitative estimate of drug-likeness (QED) is 0.887. The molecule has 1 aliphatic heterocycles. The van der Waals surface area contributed by atoms with Gasteiger partial charge in [0.15, 0.2) is 0 Å². The summed E-state index contributed by atoms with van der Waals surface area (Å²) < 4.78 is 0. The predicted octanol–water partition coefficient (Wildman–Crippen LogP) is 3.10. The summed E-state index contributed by atoms with van der Waals surface area (Å²) in [6.07, 6.45) is 3.91. The summed E-state index contributed by atoms with van der Waals surface area (Å²) in [4.78, 5) is 2.39. The highest BCUT2D eigenvalue weighted by atomic mass is 16.3. The van der Waals surface area contributed by atoms with Crippen LogP contribution in [0.15, 0.2) is 24.3 Å². The molecular formula is C17H28N2O. The fourth-order valence-corrected chi connectivity index (χ4v) is 3.05. The maximum Gasteiger partial charge on any atom is 0.0637 e. The molecule has 1 saturated heterocycles. The summed E-state index contributed by atoms with van der Waals surface area (Å²) in [5.41, 5.74) is 2.13. The molecule has 0 spiro atoms. The Morgan fingerprint density at radius 3 is 2.55 bits per heavy atom. The van der Waals surface area contributed by atoms with E-state index in [1.54, 1.807) is 0 Å². The van der Waals surface area contributed by atoms with Gasteiger partial charge < -0.3 is 15.3 Å². The molecule has 0 radical (unpaired) electrons. The minimum atomic E-state index is -0.492. The average molecular weight is 276 g/mol. The van der Waals surface area contributed by atoms with Crippen molar-refractivity contribution in [1.29, 1.82) is 0 Å². The van der Waals surface area contributed by atoms with Crippen LogP contribution in [0.5, 0.6) is 0 Å². The third kappa shape index (κ3) is 3.74. The molecule has 2 unspecified atom stereocenters. The lowest BCUT2D eigenvalue weighted by molar-refractivity contribution is 0.0481. The van der Waals surface area contributed by atoms with Crippen molar-refractivity contribution in [2.75, 3.05) is 25.0 Å². The molecule has 2 N–H and O–H groups in total. The standard InChI is InChI=1S/C17H28N2O/c1-4-16(18-3)14-6-8-15(9-7-14)19-12-5-10-17(2,20)11-13-19/h6-9,16,18,20H,4-5,10-13H2,1-3H3. The van der Waals surface area contributed by atoms with Crippen LogP contribution in [0.4, 0.5) is 5.69 Å². The Balaban J connectivity index is 2.06. The number of hydrogen-bond donors (Lipinski definition) is 2. The maximum absolute atomic E-state index is 10.2. The van der Waals surface area contributed by atoms with E-state index in [9.17, 15) is 5.11 Å². The summed E-state index contributed by atoms with van der Waals surface area (Å²) in [6, 6.07) is 9.32. The first kappa shape index (κ1) is 15.3. The van der Waals surface area contributed by atoms with E-state index >= 15 is 0 Å². The third-order valence-corrected chi connectivity index (χ3v) is 4.48. The van der Waals surface area contributed by atoms with E-state index < -0.39 is 5.60 Å². The summed E-state index contributed by atoms with van der Waals surface area (Å²) in [5.74, 6) is 0. The molecular weight excluding hydrogens is 248 g/mol. The number of nitrogens with zero attached hydrogens (tertiary/aromatic N) is 1. The van der Waals surface area contributed by atoms with Gasteiger partial charge in [-0.25, -0.2) is 0 Å². The molecule has 3 heteroatoms. The molecule has 20 heavy (non-hydrogen) atoms. The van der Waals surface area contributed by atoms with Gasteiger partial charge in [0, 0.05) is 24.8 Å². The second kappa shape index (κ2) is 6.59. The van der Waals surface area contributed by atoms with Crippen molar-refractivity contribution in [1.82, 2.24) is 5.32 Å². The molecule has 0 aromatic heterocycles. The largest absolute Gasteiger partial charge is 0.390 e. The van der Waals surface area contributed by atoms with Crippen molar-refractivity contribution in [2.45, 2.75) is 51.2 Å². The first-order valence-electron chi connectivity index (χ1n) is 7.80. The Labute approximate surface area is 123 Å². The first-order chi connectivity index (χ1) is 9.55. The van der Waals surface area contributed by atoms with E-state index in [1.165, 1.54) is 11.3 Å². The number of nitrogens with one attached hydrogen (secondary N) is 1. The lowest BCUT2D eigenvalue weighted by atomic mass is 9.98. The molecule has 112 valence electrons. The SMILES string of the molecule is CCC(NC)c1ccc(N2CCCC(C)(O)CC2)cc1. The van der Waals surface area contributed by atoms with E-state index in [0.29, 0.717) is 6.04 Å². The lowest BCUT2D eigenvalue weighted by Crippen LogP contribution is -2.28. The van der Waals surface area contributed by atoms with Gasteiger partial charge in [0.2, 0.25) is 0 Å². The van der Waals surface area contributed by atoms with Gasteiger partial charge >= 0.3 is 0 Å². The molecule has 1 heterocycles. The van der Waals surface area contributed by atoms with Crippen LogP contribution >= 0.6 is 0 Å². The zero-order valence-corrected chi connectivity index (χ0v) is 13.0. The van der Waals surface area contributed by atoms with Crippen molar-refractivity contribution < 1.29 is 5.11 Å². The zero-order valence-electron chi connectivity index (χ0n) is 13.0. The van der Waals surface area contributed by atoms with Crippen LogP contribution in [-0.4, -0.2) is 30.8 Å². The summed E-state index contributed by atoms with van der Waals surface area (Å²) in [5, 5.41) is 13.5. The van der Waals surface area contributed by atoms with E-state index in [0.717, 1.165) is 38.8 Å². The number of rotatable bonds is 4. The fourth-order valence-electron chi connectivity index (χ4n) is 3.05. The number of anilines is 1. The van der Waals surface area contributed by atoms with Gasteiger partial charge in [-0.05, 0) is 57.4 Å². The fraction of sp³-hybridized carbons (Fsp3) is 0.647. The van der Waals surface area contributed by atoms with Crippen LogP contribution in [0.3, 0.4) is 0 Å². The van der Waals surface area contributed by atoms with Crippen LogP contribution in [0.1, 0.15) is 51.1 Å². The Hall–Kier alpha value is -1.06. The van der Waals surface area contributed by atoms with Gasteiger partial charge in [-0.1, -0.05) is 19.1 Å². The van der Waals surface area contributed by atoms with E-state index in [-0.39, 0.29) is 0 Å². The summed E-state index contributed by atoms with van der Waals surface area (Å²) in [7, 11) is 2.01. The normalized spacial score (nSPS) is 25.3. The lowest BCUT2D eigenvalue weighted by Gasteiger charge is -2.25. The monoisotopic (exact) mass is 276 g/mol. The molecule has 0 amide bonds. The first-order valence-corrected chi connectivity index (χ1v) is 7.80. The van der Waals surface area contributed by atoms with Crippen molar-refractivity contribution in [3.63, 3.8) is 0 Å². The van der Waals surface area contributed by atoms with Crippen molar-refractivity contribution in [3.05, 3.63) is 29.8 Å². The molecule has 2 rings (SSSR count). The minimum absolute atomic E-state index is 0.439. The summed E-state index contributed by atoms with van der Waals surface area (Å²) in [6.45, 7) is 6.14. The van der Waals surface area contributed by atoms with Gasteiger partial charge in [-0.2, -0.15) is 0 Å². The molecule has 3 nitrogen and oxygen atoms in total. The van der Waals surface area contributed by atoms with Crippen molar-refractivity contribution in [3.8, 4) is 0 Å². The minimum Gasteiger partial charge on any atom is -0.390 e. The van der Waals surface area contributed by atoms with E-state index in [1.807, 2.05) is 14.0 Å². The molecule has 1 fully saturated rings. The Morgan fingerprint density at radius 1 is 1.25 bits per heavy atom. The molecule has 1 aliphatic rings. The van der Waals surface area contributed by atoms with Crippen LogP contribution < -0.4 is 10.2 Å². The van der Waals surface area contributed by atoms with Gasteiger partial charge in [0.1, 0.15) is 0 Å². The maximum atomic E-state index is 10.2. The third-order valence-electron chi connectivity index (χ3n) is 4.48. The Bertz CT molecular complexity index is 410. The highest BCUT2D eigenvalue weighted by Crippen LogP contribution is 2.26. The van der Waals surface area contributed by atoms with Crippen LogP contribution in [0, 0.1) is 0 Å². The van der Waals surface area contributed by atoms with Crippen molar-refractivity contribution in [2.24, 2.45) is 0 Å². The van der Waals surface area contributed by atoms with Gasteiger partial charge in [-0.15, -0.1) is 0 Å². The topological polar surface area (TPSA) is 35.5 Å². The second-order valence-electron chi connectivity index (χ2n) is 6.18. The Kier molecular flexibility index (Phi) is 5.06. The number of benzene rings is 1. The van der Waals surface area contributed by atoms with Crippen LogP contribution in [-0.2, 0) is 0 Å². The highest BCUT2D eigenvalue weighted by Gasteiger charge is 2.25. The summed E-state index contributed by atoms with van der Waals surface area (Å²) >= 11 is 0. The average Bonchev–Trinajstić information content (AvgIpc) is 2.62. The van der Waals surface area contributed by atoms with Crippen molar-refractivity contribution >= 4 is 5.69 Å². The zero-order chi connectivity index (χ0) is 14.6. The number of hydrogen-bond acceptors (Lipinski definition) is 3. The predicted molar refractivity (Wildman–Crippen MR) is 85.2 cm³/mol. The van der Waals surface area contributed by atoms with E-state index in [4.69, 9.17) is 0 Å². The number of aliphatic hydroxyl groups is 1. The molecule has 2 atom stereocenters. The smallest absolute Gasteiger partial charge is 0.0637 e. The van der Waals surface area contributed by atoms with Gasteiger partial charge in [-0.3, -0.25) is 0 Å². The van der Waals surface area contributed by atoms with Gasteiger partial charge in [0.25, 0.3) is 0 Å².